The number of hydrogen-bond donors (Lipinski definition) is 2. The van der Waals surface area contributed by atoms with Crippen molar-refractivity contribution in [2.24, 2.45) is 11.7 Å². The molecule has 1 saturated heterocycles. The van der Waals surface area contributed by atoms with Gasteiger partial charge in [0.25, 0.3) is 0 Å². The zero-order valence-corrected chi connectivity index (χ0v) is 9.79. The van der Waals surface area contributed by atoms with Gasteiger partial charge in [-0.05, 0) is 12.8 Å². The van der Waals surface area contributed by atoms with E-state index < -0.39 is 30.5 Å². The second kappa shape index (κ2) is 6.03. The van der Waals surface area contributed by atoms with Crippen molar-refractivity contribution in [1.82, 2.24) is 10.2 Å². The number of primary amides is 1. The maximum atomic E-state index is 11.9. The molecule has 104 valence electrons. The van der Waals surface area contributed by atoms with Gasteiger partial charge in [-0.15, -0.1) is 0 Å². The molecule has 1 atom stereocenters. The average molecular weight is 267 g/mol. The molecule has 0 aromatic rings. The third-order valence-electron chi connectivity index (χ3n) is 2.78. The van der Waals surface area contributed by atoms with Gasteiger partial charge in [-0.2, -0.15) is 13.2 Å². The van der Waals surface area contributed by atoms with Crippen LogP contribution in [0.5, 0.6) is 0 Å². The highest BCUT2D eigenvalue weighted by atomic mass is 19.4. The molecule has 0 aromatic carbocycles. The summed E-state index contributed by atoms with van der Waals surface area (Å²) >= 11 is 0. The van der Waals surface area contributed by atoms with Gasteiger partial charge in [0.1, 0.15) is 0 Å². The molecule has 8 heteroatoms. The van der Waals surface area contributed by atoms with Crippen molar-refractivity contribution in [2.75, 3.05) is 26.2 Å². The van der Waals surface area contributed by atoms with Crippen LogP contribution < -0.4 is 11.1 Å². The van der Waals surface area contributed by atoms with E-state index in [1.54, 1.807) is 0 Å². The van der Waals surface area contributed by atoms with Crippen LogP contribution in [0.15, 0.2) is 0 Å². The number of likely N-dealkylation sites (tertiary alicyclic amines) is 1. The minimum absolute atomic E-state index is 0.196. The molecule has 1 fully saturated rings. The minimum atomic E-state index is -4.34. The van der Waals surface area contributed by atoms with Gasteiger partial charge in [-0.25, -0.2) is 0 Å². The van der Waals surface area contributed by atoms with E-state index in [9.17, 15) is 22.8 Å². The first-order valence-electron chi connectivity index (χ1n) is 5.64. The number of nitrogens with zero attached hydrogens (tertiary/aromatic N) is 1. The number of nitrogens with one attached hydrogen (secondary N) is 1. The van der Waals surface area contributed by atoms with Crippen molar-refractivity contribution in [3.05, 3.63) is 0 Å². The molecule has 0 radical (unpaired) electrons. The third kappa shape index (κ3) is 4.91. The molecular weight excluding hydrogens is 251 g/mol. The van der Waals surface area contributed by atoms with Gasteiger partial charge < -0.3 is 16.0 Å². The highest BCUT2D eigenvalue weighted by Gasteiger charge is 2.29. The molecule has 1 unspecified atom stereocenters. The zero-order valence-electron chi connectivity index (χ0n) is 9.79. The van der Waals surface area contributed by atoms with E-state index in [2.05, 4.69) is 0 Å². The standard InChI is InChI=1S/C10H16F3N3O2/c11-10(12,13)6-15-4-8(17)16-3-1-2-7(5-16)9(14)18/h7,15H,1-6H2,(H2,14,18). The lowest BCUT2D eigenvalue weighted by molar-refractivity contribution is -0.136. The second-order valence-corrected chi connectivity index (χ2v) is 4.30. The topological polar surface area (TPSA) is 75.4 Å². The van der Waals surface area contributed by atoms with E-state index >= 15 is 0 Å². The first-order chi connectivity index (χ1) is 8.29. The van der Waals surface area contributed by atoms with Crippen LogP contribution in [0.2, 0.25) is 0 Å². The third-order valence-corrected chi connectivity index (χ3v) is 2.78. The van der Waals surface area contributed by atoms with Gasteiger partial charge in [0.15, 0.2) is 0 Å². The van der Waals surface area contributed by atoms with Crippen molar-refractivity contribution in [3.8, 4) is 0 Å². The highest BCUT2D eigenvalue weighted by molar-refractivity contribution is 5.81. The van der Waals surface area contributed by atoms with Crippen molar-refractivity contribution in [1.29, 1.82) is 0 Å². The van der Waals surface area contributed by atoms with Gasteiger partial charge in [-0.3, -0.25) is 9.59 Å². The molecule has 1 heterocycles. The Morgan fingerprint density at radius 3 is 2.61 bits per heavy atom. The summed E-state index contributed by atoms with van der Waals surface area (Å²) in [6, 6.07) is 0. The Balaban J connectivity index is 2.35. The number of nitrogens with two attached hydrogens (primary N) is 1. The van der Waals surface area contributed by atoms with E-state index in [1.165, 1.54) is 4.90 Å². The molecule has 1 rings (SSSR count). The van der Waals surface area contributed by atoms with E-state index in [0.717, 1.165) is 0 Å². The SMILES string of the molecule is NC(=O)C1CCCN(C(=O)CNCC(F)(F)F)C1. The van der Waals surface area contributed by atoms with Crippen molar-refractivity contribution in [3.63, 3.8) is 0 Å². The number of rotatable bonds is 4. The molecule has 0 spiro atoms. The van der Waals surface area contributed by atoms with Crippen LogP contribution in [-0.4, -0.2) is 49.1 Å². The lowest BCUT2D eigenvalue weighted by atomic mass is 9.97. The van der Waals surface area contributed by atoms with Crippen LogP contribution in [0.4, 0.5) is 13.2 Å². The maximum Gasteiger partial charge on any atom is 0.401 e. The predicted octanol–water partition coefficient (Wildman–Crippen LogP) is -0.138. The number of amides is 2. The summed E-state index contributed by atoms with van der Waals surface area (Å²) in [4.78, 5) is 24.0. The molecule has 2 amide bonds. The van der Waals surface area contributed by atoms with E-state index in [4.69, 9.17) is 5.73 Å². The van der Waals surface area contributed by atoms with Gasteiger partial charge in [0, 0.05) is 13.1 Å². The first kappa shape index (κ1) is 14.7. The number of halogens is 3. The molecule has 0 saturated carbocycles. The van der Waals surface area contributed by atoms with Crippen LogP contribution in [0, 0.1) is 5.92 Å². The van der Waals surface area contributed by atoms with Crippen molar-refractivity contribution < 1.29 is 22.8 Å². The van der Waals surface area contributed by atoms with Crippen molar-refractivity contribution >= 4 is 11.8 Å². The van der Waals surface area contributed by atoms with E-state index in [-0.39, 0.29) is 13.1 Å². The molecule has 5 nitrogen and oxygen atoms in total. The maximum absolute atomic E-state index is 11.9. The molecule has 18 heavy (non-hydrogen) atoms. The molecular formula is C10H16F3N3O2. The van der Waals surface area contributed by atoms with Gasteiger partial charge in [0.2, 0.25) is 11.8 Å². The molecule has 0 bridgehead atoms. The fourth-order valence-electron chi connectivity index (χ4n) is 1.86. The highest BCUT2D eigenvalue weighted by Crippen LogP contribution is 2.16. The van der Waals surface area contributed by atoms with E-state index in [0.29, 0.717) is 19.4 Å². The Hall–Kier alpha value is -1.31. The Labute approximate surface area is 102 Å². The molecule has 0 aliphatic carbocycles. The number of carbonyl (C=O) groups excluding carboxylic acids is 2. The first-order valence-corrected chi connectivity index (χ1v) is 5.64. The van der Waals surface area contributed by atoms with Crippen LogP contribution in [0.1, 0.15) is 12.8 Å². The van der Waals surface area contributed by atoms with Crippen LogP contribution >= 0.6 is 0 Å². The normalized spacial score (nSPS) is 20.8. The summed E-state index contributed by atoms with van der Waals surface area (Å²) in [5, 5.41) is 2.03. The molecule has 1 aliphatic rings. The Bertz CT molecular complexity index is 320. The van der Waals surface area contributed by atoms with Gasteiger partial charge in [0.05, 0.1) is 19.0 Å². The lowest BCUT2D eigenvalue weighted by Gasteiger charge is -2.31. The van der Waals surface area contributed by atoms with E-state index in [1.807, 2.05) is 5.32 Å². The molecule has 1 aliphatic heterocycles. The number of piperidine rings is 1. The monoisotopic (exact) mass is 267 g/mol. The summed E-state index contributed by atoms with van der Waals surface area (Å²) in [6.45, 7) is -0.936. The number of alkyl halides is 3. The number of carbonyl (C=O) groups is 2. The fraction of sp³-hybridized carbons (Fsp3) is 0.800. The Morgan fingerprint density at radius 2 is 2.06 bits per heavy atom. The summed E-state index contributed by atoms with van der Waals surface area (Å²) in [5.41, 5.74) is 5.15. The van der Waals surface area contributed by atoms with Crippen LogP contribution in [0.25, 0.3) is 0 Å². The summed E-state index contributed by atoms with van der Waals surface area (Å²) in [7, 11) is 0. The van der Waals surface area contributed by atoms with Gasteiger partial charge >= 0.3 is 6.18 Å². The quantitative estimate of drug-likeness (QED) is 0.744. The largest absolute Gasteiger partial charge is 0.401 e. The summed E-state index contributed by atoms with van der Waals surface area (Å²) in [5.74, 6) is -1.31. The fourth-order valence-corrected chi connectivity index (χ4v) is 1.86. The predicted molar refractivity (Wildman–Crippen MR) is 57.4 cm³/mol. The summed E-state index contributed by atoms with van der Waals surface area (Å²) < 4.78 is 35.6. The molecule has 3 N–H and O–H groups in total. The van der Waals surface area contributed by atoms with Crippen LogP contribution in [-0.2, 0) is 9.59 Å². The Kier molecular flexibility index (Phi) is 4.94. The summed E-state index contributed by atoms with van der Waals surface area (Å²) in [6.07, 6.45) is -3.08. The van der Waals surface area contributed by atoms with Crippen LogP contribution in [0.3, 0.4) is 0 Å². The lowest BCUT2D eigenvalue weighted by Crippen LogP contribution is -2.47. The van der Waals surface area contributed by atoms with Crippen molar-refractivity contribution in [2.45, 2.75) is 19.0 Å². The average Bonchev–Trinajstić information content (AvgIpc) is 2.27. The second-order valence-electron chi connectivity index (χ2n) is 4.30. The van der Waals surface area contributed by atoms with Gasteiger partial charge in [-0.1, -0.05) is 0 Å². The molecule has 0 aromatic heterocycles. The minimum Gasteiger partial charge on any atom is -0.369 e. The smallest absolute Gasteiger partial charge is 0.369 e. The number of hydrogen-bond acceptors (Lipinski definition) is 3. The Morgan fingerprint density at radius 1 is 1.39 bits per heavy atom. The zero-order chi connectivity index (χ0) is 13.8.